The highest BCUT2D eigenvalue weighted by Gasteiger charge is 2.39. The van der Waals surface area contributed by atoms with Crippen LogP contribution < -0.4 is 11.1 Å². The first-order valence-corrected chi connectivity index (χ1v) is 9.33. The van der Waals surface area contributed by atoms with Crippen molar-refractivity contribution in [2.45, 2.75) is 50.2 Å². The first kappa shape index (κ1) is 20.1. The zero-order valence-electron chi connectivity index (χ0n) is 15.5. The van der Waals surface area contributed by atoms with Crippen molar-refractivity contribution in [2.24, 2.45) is 5.73 Å². The van der Waals surface area contributed by atoms with Crippen molar-refractivity contribution >= 4 is 17.9 Å². The standard InChI is InChI=1S/C19H25N3O6/c20-19(26)28-15(16(23)17(24)21-13-6-7-13)10-22-9-8-14(18(22)25)27-11-12-4-2-1-3-5-12/h1-5,13-16,23H,6-11H2,(H2,20,26)(H,21,24)/t14-,15?,16?/m0/s1. The van der Waals surface area contributed by atoms with Gasteiger partial charge in [-0.3, -0.25) is 9.59 Å². The van der Waals surface area contributed by atoms with Crippen molar-refractivity contribution in [2.75, 3.05) is 13.1 Å². The zero-order valence-corrected chi connectivity index (χ0v) is 15.5. The van der Waals surface area contributed by atoms with Crippen LogP contribution in [0.1, 0.15) is 24.8 Å². The molecule has 0 bridgehead atoms. The van der Waals surface area contributed by atoms with E-state index >= 15 is 0 Å². The number of aliphatic hydroxyl groups is 1. The first-order valence-electron chi connectivity index (χ1n) is 9.33. The van der Waals surface area contributed by atoms with Crippen LogP contribution in [-0.2, 0) is 25.7 Å². The van der Waals surface area contributed by atoms with Crippen LogP contribution in [0.5, 0.6) is 0 Å². The van der Waals surface area contributed by atoms with Crippen LogP contribution in [0.25, 0.3) is 0 Å². The van der Waals surface area contributed by atoms with Crippen LogP contribution in [0, 0.1) is 0 Å². The molecule has 0 spiro atoms. The molecule has 152 valence electrons. The molecular weight excluding hydrogens is 366 g/mol. The molecule has 1 aromatic rings. The molecule has 2 aliphatic rings. The molecule has 9 nitrogen and oxygen atoms in total. The third kappa shape index (κ3) is 5.43. The van der Waals surface area contributed by atoms with Crippen molar-refractivity contribution in [3.63, 3.8) is 0 Å². The van der Waals surface area contributed by atoms with Gasteiger partial charge in [0.25, 0.3) is 11.8 Å². The summed E-state index contributed by atoms with van der Waals surface area (Å²) < 4.78 is 10.6. The normalized spacial score (nSPS) is 21.2. The van der Waals surface area contributed by atoms with E-state index in [2.05, 4.69) is 5.32 Å². The number of benzene rings is 1. The van der Waals surface area contributed by atoms with E-state index in [1.807, 2.05) is 30.3 Å². The molecule has 3 atom stereocenters. The summed E-state index contributed by atoms with van der Waals surface area (Å²) >= 11 is 0. The van der Waals surface area contributed by atoms with Gasteiger partial charge in [-0.25, -0.2) is 4.79 Å². The number of hydrogen-bond donors (Lipinski definition) is 3. The van der Waals surface area contributed by atoms with E-state index in [0.717, 1.165) is 18.4 Å². The molecule has 0 aromatic heterocycles. The van der Waals surface area contributed by atoms with Gasteiger partial charge in [0.2, 0.25) is 0 Å². The number of nitrogens with two attached hydrogens (primary N) is 1. The smallest absolute Gasteiger partial charge is 0.404 e. The lowest BCUT2D eigenvalue weighted by Gasteiger charge is -2.26. The second-order valence-electron chi connectivity index (χ2n) is 7.06. The SMILES string of the molecule is NC(=O)OC(CN1CC[C@H](OCc2ccccc2)C1=O)C(O)C(=O)NC1CC1. The average Bonchev–Trinajstić information content (AvgIpc) is 3.42. The van der Waals surface area contributed by atoms with Crippen molar-refractivity contribution in [3.8, 4) is 0 Å². The largest absolute Gasteiger partial charge is 0.441 e. The van der Waals surface area contributed by atoms with Gasteiger partial charge in [0, 0.05) is 19.0 Å². The zero-order chi connectivity index (χ0) is 20.1. The Morgan fingerprint density at radius 1 is 1.25 bits per heavy atom. The molecule has 9 heteroatoms. The Bertz CT molecular complexity index is 709. The molecule has 28 heavy (non-hydrogen) atoms. The highest BCUT2D eigenvalue weighted by molar-refractivity contribution is 5.84. The molecule has 0 radical (unpaired) electrons. The molecule has 1 saturated carbocycles. The molecule has 1 aliphatic heterocycles. The van der Waals surface area contributed by atoms with E-state index in [9.17, 15) is 19.5 Å². The van der Waals surface area contributed by atoms with E-state index < -0.39 is 30.3 Å². The van der Waals surface area contributed by atoms with Crippen LogP contribution in [0.4, 0.5) is 4.79 Å². The number of amides is 3. The van der Waals surface area contributed by atoms with Crippen LogP contribution in [0.3, 0.4) is 0 Å². The minimum Gasteiger partial charge on any atom is -0.441 e. The summed E-state index contributed by atoms with van der Waals surface area (Å²) in [6.07, 6.45) is -2.41. The van der Waals surface area contributed by atoms with E-state index in [1.54, 1.807) is 0 Å². The summed E-state index contributed by atoms with van der Waals surface area (Å²) in [7, 11) is 0. The number of hydrogen-bond acceptors (Lipinski definition) is 6. The maximum absolute atomic E-state index is 12.6. The second kappa shape index (κ2) is 9.03. The minimum atomic E-state index is -1.61. The molecule has 2 unspecified atom stereocenters. The summed E-state index contributed by atoms with van der Waals surface area (Å²) in [5, 5.41) is 12.9. The van der Waals surface area contributed by atoms with Crippen LogP contribution in [0.2, 0.25) is 0 Å². The minimum absolute atomic E-state index is 0.0422. The van der Waals surface area contributed by atoms with Crippen molar-refractivity contribution < 1.29 is 29.0 Å². The predicted octanol–water partition coefficient (Wildman–Crippen LogP) is -0.0925. The quantitative estimate of drug-likeness (QED) is 0.539. The Morgan fingerprint density at radius 2 is 1.96 bits per heavy atom. The fourth-order valence-corrected chi connectivity index (χ4v) is 3.07. The summed E-state index contributed by atoms with van der Waals surface area (Å²) in [6, 6.07) is 9.53. The second-order valence-corrected chi connectivity index (χ2v) is 7.06. The molecule has 1 aliphatic carbocycles. The Labute approximate surface area is 162 Å². The molecule has 4 N–H and O–H groups in total. The summed E-state index contributed by atoms with van der Waals surface area (Å²) in [6.45, 7) is 0.540. The van der Waals surface area contributed by atoms with Crippen LogP contribution in [-0.4, -0.2) is 65.4 Å². The summed E-state index contributed by atoms with van der Waals surface area (Å²) in [4.78, 5) is 37.2. The number of carbonyl (C=O) groups excluding carboxylic acids is 3. The molecule has 1 aromatic carbocycles. The van der Waals surface area contributed by atoms with Crippen molar-refractivity contribution in [1.29, 1.82) is 0 Å². The van der Waals surface area contributed by atoms with E-state index in [-0.39, 0.29) is 18.5 Å². The lowest BCUT2D eigenvalue weighted by molar-refractivity contribution is -0.143. The number of ether oxygens (including phenoxy) is 2. The number of nitrogens with zero attached hydrogens (tertiary/aromatic N) is 1. The van der Waals surface area contributed by atoms with Gasteiger partial charge in [-0.2, -0.15) is 0 Å². The highest BCUT2D eigenvalue weighted by Crippen LogP contribution is 2.20. The highest BCUT2D eigenvalue weighted by atomic mass is 16.6. The Hall–Kier alpha value is -2.65. The monoisotopic (exact) mass is 391 g/mol. The van der Waals surface area contributed by atoms with E-state index in [1.165, 1.54) is 4.90 Å². The lowest BCUT2D eigenvalue weighted by Crippen LogP contribution is -2.50. The van der Waals surface area contributed by atoms with E-state index in [0.29, 0.717) is 19.6 Å². The number of primary amides is 1. The van der Waals surface area contributed by atoms with Gasteiger partial charge in [0.1, 0.15) is 6.10 Å². The van der Waals surface area contributed by atoms with E-state index in [4.69, 9.17) is 15.2 Å². The third-order valence-corrected chi connectivity index (χ3v) is 4.75. The molecule has 3 rings (SSSR count). The van der Waals surface area contributed by atoms with Gasteiger partial charge in [0.05, 0.1) is 13.2 Å². The molecule has 1 heterocycles. The van der Waals surface area contributed by atoms with Gasteiger partial charge < -0.3 is 30.5 Å². The van der Waals surface area contributed by atoms with Gasteiger partial charge in [-0.05, 0) is 18.4 Å². The molecular formula is C19H25N3O6. The van der Waals surface area contributed by atoms with Gasteiger partial charge in [0.15, 0.2) is 12.2 Å². The average molecular weight is 391 g/mol. The topological polar surface area (TPSA) is 131 Å². The van der Waals surface area contributed by atoms with Gasteiger partial charge in [-0.15, -0.1) is 0 Å². The van der Waals surface area contributed by atoms with Crippen LogP contribution >= 0.6 is 0 Å². The maximum Gasteiger partial charge on any atom is 0.404 e. The Kier molecular flexibility index (Phi) is 6.48. The number of aliphatic hydroxyl groups excluding tert-OH is 1. The third-order valence-electron chi connectivity index (χ3n) is 4.75. The number of carbonyl (C=O) groups is 3. The molecule has 1 saturated heterocycles. The van der Waals surface area contributed by atoms with Crippen molar-refractivity contribution in [1.82, 2.24) is 10.2 Å². The number of likely N-dealkylation sites (tertiary alicyclic amines) is 1. The maximum atomic E-state index is 12.6. The fraction of sp³-hybridized carbons (Fsp3) is 0.526. The number of nitrogens with one attached hydrogen (secondary N) is 1. The Morgan fingerprint density at radius 3 is 2.61 bits per heavy atom. The Balaban J connectivity index is 1.55. The van der Waals surface area contributed by atoms with Crippen molar-refractivity contribution in [3.05, 3.63) is 35.9 Å². The summed E-state index contributed by atoms with van der Waals surface area (Å²) in [5.74, 6) is -0.916. The van der Waals surface area contributed by atoms with Gasteiger partial charge >= 0.3 is 6.09 Å². The predicted molar refractivity (Wildman–Crippen MR) is 97.8 cm³/mol. The summed E-state index contributed by atoms with van der Waals surface area (Å²) in [5.41, 5.74) is 6.02. The number of rotatable bonds is 9. The first-order chi connectivity index (χ1) is 13.4. The van der Waals surface area contributed by atoms with Gasteiger partial charge in [-0.1, -0.05) is 30.3 Å². The fourth-order valence-electron chi connectivity index (χ4n) is 3.07. The molecule has 2 fully saturated rings. The van der Waals surface area contributed by atoms with Crippen LogP contribution in [0.15, 0.2) is 30.3 Å². The lowest BCUT2D eigenvalue weighted by atomic mass is 10.1. The molecule has 3 amide bonds.